The second-order valence-corrected chi connectivity index (χ2v) is 3.82. The number of amides is 1. The number of hydrogen-bond acceptors (Lipinski definition) is 2. The van der Waals surface area contributed by atoms with Crippen LogP contribution < -0.4 is 4.74 Å². The third kappa shape index (κ3) is 4.85. The number of carbonyl (C=O) groups excluding carboxylic acids is 1. The van der Waals surface area contributed by atoms with E-state index in [2.05, 4.69) is 0 Å². The van der Waals surface area contributed by atoms with Gasteiger partial charge in [0.1, 0.15) is 11.6 Å². The summed E-state index contributed by atoms with van der Waals surface area (Å²) in [6.07, 6.45) is 1.29. The van der Waals surface area contributed by atoms with Crippen LogP contribution in [-0.2, 0) is 4.79 Å². The Kier molecular flexibility index (Phi) is 5.46. The topological polar surface area (TPSA) is 29.5 Å². The number of ether oxygens (including phenoxy) is 1. The van der Waals surface area contributed by atoms with Crippen LogP contribution in [0.2, 0.25) is 0 Å². The molecule has 94 valence electrons. The van der Waals surface area contributed by atoms with E-state index in [0.29, 0.717) is 25.3 Å². The molecule has 1 rings (SSSR count). The van der Waals surface area contributed by atoms with E-state index < -0.39 is 0 Å². The minimum atomic E-state index is -0.273. The highest BCUT2D eigenvalue weighted by Crippen LogP contribution is 2.11. The molecule has 4 heteroatoms. The van der Waals surface area contributed by atoms with Gasteiger partial charge < -0.3 is 9.64 Å². The fourth-order valence-corrected chi connectivity index (χ4v) is 1.42. The van der Waals surface area contributed by atoms with Crippen LogP contribution >= 0.6 is 0 Å². The summed E-state index contributed by atoms with van der Waals surface area (Å²) in [5.41, 5.74) is 0. The lowest BCUT2D eigenvalue weighted by atomic mass is 10.3. The van der Waals surface area contributed by atoms with Gasteiger partial charge in [0.2, 0.25) is 5.91 Å². The van der Waals surface area contributed by atoms with E-state index in [1.54, 1.807) is 24.1 Å². The first-order valence-electron chi connectivity index (χ1n) is 5.75. The number of benzene rings is 1. The van der Waals surface area contributed by atoms with Crippen molar-refractivity contribution in [2.75, 3.05) is 20.2 Å². The number of halogens is 1. The van der Waals surface area contributed by atoms with E-state index in [9.17, 15) is 9.18 Å². The molecule has 0 aliphatic rings. The number of nitrogens with zero attached hydrogens (tertiary/aromatic N) is 1. The lowest BCUT2D eigenvalue weighted by Gasteiger charge is -2.16. The van der Waals surface area contributed by atoms with Crippen molar-refractivity contribution in [1.29, 1.82) is 0 Å². The molecule has 0 aromatic heterocycles. The Morgan fingerprint density at radius 1 is 1.35 bits per heavy atom. The molecule has 0 radical (unpaired) electrons. The average Bonchev–Trinajstić information content (AvgIpc) is 2.35. The van der Waals surface area contributed by atoms with Gasteiger partial charge in [0.25, 0.3) is 0 Å². The summed E-state index contributed by atoms with van der Waals surface area (Å²) < 4.78 is 18.0. The van der Waals surface area contributed by atoms with Crippen LogP contribution in [-0.4, -0.2) is 31.0 Å². The molecule has 0 bridgehead atoms. The van der Waals surface area contributed by atoms with E-state index in [1.165, 1.54) is 12.1 Å². The predicted molar refractivity (Wildman–Crippen MR) is 64.4 cm³/mol. The minimum absolute atomic E-state index is 0.131. The highest BCUT2D eigenvalue weighted by atomic mass is 19.1. The molecular formula is C13H18FNO2. The Balaban J connectivity index is 2.20. The summed E-state index contributed by atoms with van der Waals surface area (Å²) >= 11 is 0. The average molecular weight is 239 g/mol. The van der Waals surface area contributed by atoms with Crippen LogP contribution in [0.25, 0.3) is 0 Å². The maximum absolute atomic E-state index is 12.6. The monoisotopic (exact) mass is 239 g/mol. The van der Waals surface area contributed by atoms with Gasteiger partial charge in [0.15, 0.2) is 0 Å². The third-order valence-corrected chi connectivity index (χ3v) is 2.45. The van der Waals surface area contributed by atoms with Crippen LogP contribution in [0.15, 0.2) is 24.3 Å². The largest absolute Gasteiger partial charge is 0.494 e. The van der Waals surface area contributed by atoms with Crippen molar-refractivity contribution >= 4 is 5.91 Å². The normalized spacial score (nSPS) is 10.1. The number of carbonyl (C=O) groups is 1. The fourth-order valence-electron chi connectivity index (χ4n) is 1.42. The Hall–Kier alpha value is -1.58. The van der Waals surface area contributed by atoms with Crippen LogP contribution in [0.1, 0.15) is 19.8 Å². The molecule has 0 fully saturated rings. The Bertz CT molecular complexity index is 351. The standard InChI is InChI=1S/C13H18FNO2/c1-3-13(16)15(2)9-4-10-17-12-7-5-11(14)6-8-12/h5-8H,3-4,9-10H2,1-2H3. The highest BCUT2D eigenvalue weighted by molar-refractivity contribution is 5.75. The van der Waals surface area contributed by atoms with Gasteiger partial charge in [-0.25, -0.2) is 4.39 Å². The molecule has 0 heterocycles. The van der Waals surface area contributed by atoms with Gasteiger partial charge in [0.05, 0.1) is 6.61 Å². The van der Waals surface area contributed by atoms with E-state index in [4.69, 9.17) is 4.74 Å². The maximum Gasteiger partial charge on any atom is 0.222 e. The van der Waals surface area contributed by atoms with Crippen LogP contribution in [0.4, 0.5) is 4.39 Å². The lowest BCUT2D eigenvalue weighted by molar-refractivity contribution is -0.129. The van der Waals surface area contributed by atoms with Crippen LogP contribution in [0, 0.1) is 5.82 Å². The number of hydrogen-bond donors (Lipinski definition) is 0. The van der Waals surface area contributed by atoms with Crippen molar-refractivity contribution < 1.29 is 13.9 Å². The van der Waals surface area contributed by atoms with Crippen molar-refractivity contribution in [3.05, 3.63) is 30.1 Å². The molecule has 1 amide bonds. The van der Waals surface area contributed by atoms with Crippen molar-refractivity contribution in [2.45, 2.75) is 19.8 Å². The quantitative estimate of drug-likeness (QED) is 0.714. The SMILES string of the molecule is CCC(=O)N(C)CCCOc1ccc(F)cc1. The maximum atomic E-state index is 12.6. The van der Waals surface area contributed by atoms with Gasteiger partial charge in [-0.05, 0) is 30.7 Å². The van der Waals surface area contributed by atoms with Gasteiger partial charge in [-0.2, -0.15) is 0 Å². The Labute approximate surface area is 101 Å². The summed E-state index contributed by atoms with van der Waals surface area (Å²) in [6, 6.07) is 5.91. The summed E-state index contributed by atoms with van der Waals surface area (Å²) in [6.45, 7) is 3.04. The zero-order chi connectivity index (χ0) is 12.7. The molecule has 3 nitrogen and oxygen atoms in total. The third-order valence-electron chi connectivity index (χ3n) is 2.45. The summed E-state index contributed by atoms with van der Waals surface area (Å²) in [5.74, 6) is 0.508. The Morgan fingerprint density at radius 2 is 2.00 bits per heavy atom. The van der Waals surface area contributed by atoms with E-state index >= 15 is 0 Å². The second-order valence-electron chi connectivity index (χ2n) is 3.82. The van der Waals surface area contributed by atoms with Gasteiger partial charge in [-0.1, -0.05) is 6.92 Å². The molecule has 0 aliphatic heterocycles. The molecule has 0 saturated heterocycles. The molecule has 0 aliphatic carbocycles. The first-order valence-corrected chi connectivity index (χ1v) is 5.75. The summed E-state index contributed by atoms with van der Waals surface area (Å²) in [7, 11) is 1.78. The molecule has 0 atom stereocenters. The molecule has 0 spiro atoms. The predicted octanol–water partition coefficient (Wildman–Crippen LogP) is 2.46. The zero-order valence-electron chi connectivity index (χ0n) is 10.3. The van der Waals surface area contributed by atoms with Gasteiger partial charge in [-0.15, -0.1) is 0 Å². The Morgan fingerprint density at radius 3 is 2.59 bits per heavy atom. The lowest BCUT2D eigenvalue weighted by Crippen LogP contribution is -2.27. The molecule has 1 aromatic rings. The highest BCUT2D eigenvalue weighted by Gasteiger charge is 2.04. The van der Waals surface area contributed by atoms with E-state index in [1.807, 2.05) is 6.92 Å². The van der Waals surface area contributed by atoms with Crippen LogP contribution in [0.5, 0.6) is 5.75 Å². The summed E-state index contributed by atoms with van der Waals surface area (Å²) in [4.78, 5) is 12.9. The smallest absolute Gasteiger partial charge is 0.222 e. The van der Waals surface area contributed by atoms with Crippen molar-refractivity contribution in [3.8, 4) is 5.75 Å². The summed E-state index contributed by atoms with van der Waals surface area (Å²) in [5, 5.41) is 0. The second kappa shape index (κ2) is 6.89. The number of rotatable bonds is 6. The van der Waals surface area contributed by atoms with Crippen LogP contribution in [0.3, 0.4) is 0 Å². The molecule has 0 saturated carbocycles. The minimum Gasteiger partial charge on any atom is -0.494 e. The van der Waals surface area contributed by atoms with Gasteiger partial charge in [-0.3, -0.25) is 4.79 Å². The van der Waals surface area contributed by atoms with Crippen molar-refractivity contribution in [2.24, 2.45) is 0 Å². The fraction of sp³-hybridized carbons (Fsp3) is 0.462. The molecule has 0 unspecified atom stereocenters. The molecular weight excluding hydrogens is 221 g/mol. The van der Waals surface area contributed by atoms with Crippen molar-refractivity contribution in [3.63, 3.8) is 0 Å². The van der Waals surface area contributed by atoms with E-state index in [0.717, 1.165) is 6.42 Å². The van der Waals surface area contributed by atoms with Gasteiger partial charge in [0, 0.05) is 20.0 Å². The first-order chi connectivity index (χ1) is 8.13. The van der Waals surface area contributed by atoms with Gasteiger partial charge >= 0.3 is 0 Å². The zero-order valence-corrected chi connectivity index (χ0v) is 10.3. The molecule has 0 N–H and O–H groups in total. The van der Waals surface area contributed by atoms with Crippen molar-refractivity contribution in [1.82, 2.24) is 4.90 Å². The first kappa shape index (κ1) is 13.5. The van der Waals surface area contributed by atoms with E-state index in [-0.39, 0.29) is 11.7 Å². The molecule has 17 heavy (non-hydrogen) atoms. The molecule has 1 aromatic carbocycles.